The number of nitrogens with two attached hydrogens (primary N) is 1. The molecule has 1 aliphatic heterocycles. The number of anilines is 2. The van der Waals surface area contributed by atoms with E-state index in [1.807, 2.05) is 6.92 Å². The summed E-state index contributed by atoms with van der Waals surface area (Å²) in [5, 5.41) is 0. The normalized spacial score (nSPS) is 20.2. The van der Waals surface area contributed by atoms with Gasteiger partial charge in [-0.2, -0.15) is 0 Å². The number of benzene rings is 1. The molecule has 2 aliphatic rings. The van der Waals surface area contributed by atoms with E-state index in [0.717, 1.165) is 37.9 Å². The third kappa shape index (κ3) is 2.68. The second-order valence-electron chi connectivity index (χ2n) is 5.53. The van der Waals surface area contributed by atoms with Crippen molar-refractivity contribution in [1.29, 1.82) is 0 Å². The molecule has 0 unspecified atom stereocenters. The summed E-state index contributed by atoms with van der Waals surface area (Å²) in [5.41, 5.74) is 7.36. The Morgan fingerprint density at radius 3 is 2.55 bits per heavy atom. The minimum absolute atomic E-state index is 0.293. The number of nitrogen functional groups attached to an aromatic ring is 1. The third-order valence-electron chi connectivity index (χ3n) is 4.10. The van der Waals surface area contributed by atoms with E-state index in [-0.39, 0.29) is 5.82 Å². The van der Waals surface area contributed by atoms with Crippen LogP contribution in [-0.4, -0.2) is 43.7 Å². The molecule has 1 heterocycles. The van der Waals surface area contributed by atoms with Gasteiger partial charge >= 0.3 is 0 Å². The fraction of sp³-hybridized carbons (Fsp3) is 0.600. The van der Waals surface area contributed by atoms with E-state index in [9.17, 15) is 4.39 Å². The van der Waals surface area contributed by atoms with Crippen LogP contribution in [0.3, 0.4) is 0 Å². The van der Waals surface area contributed by atoms with Gasteiger partial charge < -0.3 is 15.4 Å². The molecular formula is C15H22FN3O. The predicted octanol–water partition coefficient (Wildman–Crippen LogP) is 2.09. The summed E-state index contributed by atoms with van der Waals surface area (Å²) >= 11 is 0. The van der Waals surface area contributed by atoms with E-state index in [1.54, 1.807) is 6.07 Å². The summed E-state index contributed by atoms with van der Waals surface area (Å²) in [6.45, 7) is 6.31. The minimum Gasteiger partial charge on any atom is -0.491 e. The Labute approximate surface area is 119 Å². The lowest BCUT2D eigenvalue weighted by Crippen LogP contribution is -2.47. The second kappa shape index (κ2) is 5.48. The summed E-state index contributed by atoms with van der Waals surface area (Å²) in [4.78, 5) is 4.77. The van der Waals surface area contributed by atoms with Gasteiger partial charge in [0.1, 0.15) is 0 Å². The van der Waals surface area contributed by atoms with Crippen LogP contribution in [0.15, 0.2) is 12.1 Å². The van der Waals surface area contributed by atoms with Crippen LogP contribution in [-0.2, 0) is 0 Å². The molecule has 20 heavy (non-hydrogen) atoms. The topological polar surface area (TPSA) is 41.7 Å². The molecule has 1 aromatic carbocycles. The van der Waals surface area contributed by atoms with Crippen LogP contribution in [0.4, 0.5) is 15.8 Å². The maximum Gasteiger partial charge on any atom is 0.167 e. The van der Waals surface area contributed by atoms with Crippen LogP contribution in [0.5, 0.6) is 5.75 Å². The number of hydrogen-bond donors (Lipinski definition) is 1. The van der Waals surface area contributed by atoms with E-state index in [2.05, 4.69) is 9.80 Å². The van der Waals surface area contributed by atoms with E-state index < -0.39 is 0 Å². The molecule has 2 N–H and O–H groups in total. The average molecular weight is 279 g/mol. The van der Waals surface area contributed by atoms with Gasteiger partial charge in [0.15, 0.2) is 11.6 Å². The Balaban J connectivity index is 1.74. The van der Waals surface area contributed by atoms with Crippen molar-refractivity contribution < 1.29 is 9.13 Å². The summed E-state index contributed by atoms with van der Waals surface area (Å²) in [5.74, 6) is -0.0916. The van der Waals surface area contributed by atoms with Gasteiger partial charge in [0.25, 0.3) is 0 Å². The number of halogens is 1. The monoisotopic (exact) mass is 279 g/mol. The summed E-state index contributed by atoms with van der Waals surface area (Å²) in [6, 6.07) is 3.91. The molecule has 0 bridgehead atoms. The van der Waals surface area contributed by atoms with Gasteiger partial charge in [-0.1, -0.05) is 0 Å². The van der Waals surface area contributed by atoms with Gasteiger partial charge in [0, 0.05) is 44.4 Å². The molecule has 3 rings (SSSR count). The largest absolute Gasteiger partial charge is 0.491 e. The highest BCUT2D eigenvalue weighted by Gasteiger charge is 2.31. The van der Waals surface area contributed by atoms with Gasteiger partial charge in [-0.15, -0.1) is 0 Å². The van der Waals surface area contributed by atoms with E-state index >= 15 is 0 Å². The molecule has 2 fully saturated rings. The molecule has 0 atom stereocenters. The predicted molar refractivity (Wildman–Crippen MR) is 78.8 cm³/mol. The zero-order valence-corrected chi connectivity index (χ0v) is 11.9. The summed E-state index contributed by atoms with van der Waals surface area (Å²) in [7, 11) is 0. The molecule has 0 spiro atoms. The number of hydrogen-bond acceptors (Lipinski definition) is 4. The van der Waals surface area contributed by atoms with Crippen LogP contribution < -0.4 is 15.4 Å². The molecule has 1 aliphatic carbocycles. The summed E-state index contributed by atoms with van der Waals surface area (Å²) < 4.78 is 19.1. The number of ether oxygens (including phenoxy) is 1. The molecule has 4 nitrogen and oxygen atoms in total. The van der Waals surface area contributed by atoms with Crippen molar-refractivity contribution in [3.8, 4) is 5.75 Å². The van der Waals surface area contributed by atoms with Gasteiger partial charge in [0.05, 0.1) is 18.0 Å². The maximum absolute atomic E-state index is 13.7. The standard InChI is InChI=1S/C15H22FN3O/c1-2-20-15-10-14(13(17)9-12(15)16)19-7-5-18(6-8-19)11-3-4-11/h9-11H,2-8,17H2,1H3. The molecule has 0 aromatic heterocycles. The fourth-order valence-electron chi connectivity index (χ4n) is 2.87. The highest BCUT2D eigenvalue weighted by Crippen LogP contribution is 2.33. The molecule has 1 saturated heterocycles. The van der Waals surface area contributed by atoms with Gasteiger partial charge in [-0.25, -0.2) is 4.39 Å². The lowest BCUT2D eigenvalue weighted by molar-refractivity contribution is 0.248. The SMILES string of the molecule is CCOc1cc(N2CCN(C3CC3)CC2)c(N)cc1F. The summed E-state index contributed by atoms with van der Waals surface area (Å²) in [6.07, 6.45) is 2.68. The van der Waals surface area contributed by atoms with Crippen molar-refractivity contribution in [1.82, 2.24) is 4.90 Å². The molecule has 0 radical (unpaired) electrons. The fourth-order valence-corrected chi connectivity index (χ4v) is 2.87. The third-order valence-corrected chi connectivity index (χ3v) is 4.10. The zero-order chi connectivity index (χ0) is 14.1. The Bertz CT molecular complexity index is 482. The average Bonchev–Trinajstić information content (AvgIpc) is 3.27. The second-order valence-corrected chi connectivity index (χ2v) is 5.53. The molecule has 5 heteroatoms. The zero-order valence-electron chi connectivity index (χ0n) is 11.9. The van der Waals surface area contributed by atoms with Crippen molar-refractivity contribution in [3.63, 3.8) is 0 Å². The first-order chi connectivity index (χ1) is 9.69. The highest BCUT2D eigenvalue weighted by molar-refractivity contribution is 5.70. The van der Waals surface area contributed by atoms with Crippen molar-refractivity contribution in [2.45, 2.75) is 25.8 Å². The first kappa shape index (κ1) is 13.5. The van der Waals surface area contributed by atoms with Crippen LogP contribution in [0, 0.1) is 5.82 Å². The maximum atomic E-state index is 13.7. The lowest BCUT2D eigenvalue weighted by atomic mass is 10.2. The quantitative estimate of drug-likeness (QED) is 0.857. The van der Waals surface area contributed by atoms with E-state index in [0.29, 0.717) is 18.0 Å². The van der Waals surface area contributed by atoms with E-state index in [4.69, 9.17) is 10.5 Å². The first-order valence-electron chi connectivity index (χ1n) is 7.40. The van der Waals surface area contributed by atoms with Crippen molar-refractivity contribution in [2.24, 2.45) is 0 Å². The first-order valence-corrected chi connectivity index (χ1v) is 7.40. The van der Waals surface area contributed by atoms with Gasteiger partial charge in [-0.3, -0.25) is 4.90 Å². The van der Waals surface area contributed by atoms with Crippen molar-refractivity contribution in [3.05, 3.63) is 17.9 Å². The molecule has 0 amide bonds. The van der Waals surface area contributed by atoms with Crippen LogP contribution in [0.25, 0.3) is 0 Å². The Kier molecular flexibility index (Phi) is 3.70. The minimum atomic E-state index is -0.385. The van der Waals surface area contributed by atoms with Crippen LogP contribution in [0.2, 0.25) is 0 Å². The Hall–Kier alpha value is -1.49. The Morgan fingerprint density at radius 1 is 1.25 bits per heavy atom. The molecule has 110 valence electrons. The van der Waals surface area contributed by atoms with Gasteiger partial charge in [-0.05, 0) is 19.8 Å². The molecule has 1 aromatic rings. The highest BCUT2D eigenvalue weighted by atomic mass is 19.1. The smallest absolute Gasteiger partial charge is 0.167 e. The van der Waals surface area contributed by atoms with Crippen molar-refractivity contribution >= 4 is 11.4 Å². The van der Waals surface area contributed by atoms with Crippen LogP contribution in [0.1, 0.15) is 19.8 Å². The number of piperazine rings is 1. The molecular weight excluding hydrogens is 257 g/mol. The Morgan fingerprint density at radius 2 is 1.95 bits per heavy atom. The van der Waals surface area contributed by atoms with E-state index in [1.165, 1.54) is 18.9 Å². The lowest BCUT2D eigenvalue weighted by Gasteiger charge is -2.36. The number of nitrogens with zero attached hydrogens (tertiary/aromatic N) is 2. The number of rotatable bonds is 4. The van der Waals surface area contributed by atoms with Gasteiger partial charge in [0.2, 0.25) is 0 Å². The van der Waals surface area contributed by atoms with Crippen LogP contribution >= 0.6 is 0 Å². The molecule has 1 saturated carbocycles. The van der Waals surface area contributed by atoms with Crippen molar-refractivity contribution in [2.75, 3.05) is 43.4 Å².